The molecule has 0 spiro atoms. The molecule has 1 aliphatic heterocycles. The van der Waals surface area contributed by atoms with E-state index in [1.165, 1.54) is 0 Å². The van der Waals surface area contributed by atoms with Gasteiger partial charge in [-0.2, -0.15) is 0 Å². The molecule has 2 amide bonds. The fourth-order valence-electron chi connectivity index (χ4n) is 2.38. The lowest BCUT2D eigenvalue weighted by Gasteiger charge is -2.08. The minimum Gasteiger partial charge on any atom is -0.493 e. The Labute approximate surface area is 144 Å². The first kappa shape index (κ1) is 16.5. The van der Waals surface area contributed by atoms with Crippen molar-refractivity contribution in [3.63, 3.8) is 0 Å². The number of imide groups is 1. The average molecular weight is 342 g/mol. The summed E-state index contributed by atoms with van der Waals surface area (Å²) in [6.45, 7) is 2.57. The number of carbonyl (C=O) groups excluding carboxylic acids is 2. The van der Waals surface area contributed by atoms with Crippen molar-refractivity contribution in [1.29, 1.82) is 0 Å². The van der Waals surface area contributed by atoms with Gasteiger partial charge in [-0.3, -0.25) is 19.9 Å². The molecule has 0 saturated carbocycles. The zero-order valence-electron chi connectivity index (χ0n) is 13.3. The maximum atomic E-state index is 11.6. The Balaban J connectivity index is 1.48. The van der Waals surface area contributed by atoms with E-state index in [9.17, 15) is 9.59 Å². The summed E-state index contributed by atoms with van der Waals surface area (Å²) in [5.41, 5.74) is 3.15. The Morgan fingerprint density at radius 2 is 1.96 bits per heavy atom. The summed E-state index contributed by atoms with van der Waals surface area (Å²) in [5.74, 6) is 0.571. The standard InChI is InChI=1S/C18H18N2O3S/c1-12-2-5-14(19-11-12)8-9-23-15-6-3-13(4-7-15)10-16-17(21)20-18(22)24-16/h2-7,11,16H,8-10H2,1H3,(H,20,21,22). The Morgan fingerprint density at radius 3 is 2.58 bits per heavy atom. The van der Waals surface area contributed by atoms with Crippen molar-refractivity contribution < 1.29 is 14.3 Å². The Kier molecular flexibility index (Phi) is 5.15. The van der Waals surface area contributed by atoms with Gasteiger partial charge in [0.05, 0.1) is 11.9 Å². The predicted octanol–water partition coefficient (Wildman–Crippen LogP) is 2.91. The van der Waals surface area contributed by atoms with Crippen LogP contribution in [0.4, 0.5) is 4.79 Å². The fraction of sp³-hybridized carbons (Fsp3) is 0.278. The summed E-state index contributed by atoms with van der Waals surface area (Å²) in [7, 11) is 0. The van der Waals surface area contributed by atoms with Crippen molar-refractivity contribution in [2.24, 2.45) is 0 Å². The molecule has 1 atom stereocenters. The number of aromatic nitrogens is 1. The zero-order valence-corrected chi connectivity index (χ0v) is 14.1. The van der Waals surface area contributed by atoms with E-state index >= 15 is 0 Å². The topological polar surface area (TPSA) is 68.3 Å². The first-order chi connectivity index (χ1) is 11.6. The molecule has 0 radical (unpaired) electrons. The van der Waals surface area contributed by atoms with E-state index < -0.39 is 0 Å². The monoisotopic (exact) mass is 342 g/mol. The third-order valence-electron chi connectivity index (χ3n) is 3.71. The quantitative estimate of drug-likeness (QED) is 0.874. The fourth-order valence-corrected chi connectivity index (χ4v) is 3.24. The molecular weight excluding hydrogens is 324 g/mol. The Hall–Kier alpha value is -2.34. The number of ether oxygens (including phenoxy) is 1. The van der Waals surface area contributed by atoms with E-state index in [2.05, 4.69) is 10.3 Å². The number of nitrogens with one attached hydrogen (secondary N) is 1. The van der Waals surface area contributed by atoms with E-state index in [0.29, 0.717) is 13.0 Å². The minimum absolute atomic E-state index is 0.212. The highest BCUT2D eigenvalue weighted by atomic mass is 32.2. The minimum atomic E-state index is -0.336. The molecule has 1 fully saturated rings. The van der Waals surface area contributed by atoms with E-state index in [0.717, 1.165) is 40.8 Å². The van der Waals surface area contributed by atoms with Gasteiger partial charge in [-0.15, -0.1) is 0 Å². The lowest BCUT2D eigenvalue weighted by molar-refractivity contribution is -0.118. The second-order valence-electron chi connectivity index (χ2n) is 5.66. The number of aryl methyl sites for hydroxylation is 1. The van der Waals surface area contributed by atoms with Crippen LogP contribution in [0.3, 0.4) is 0 Å². The molecule has 1 saturated heterocycles. The van der Waals surface area contributed by atoms with Crippen molar-refractivity contribution in [3.8, 4) is 5.75 Å². The molecule has 1 unspecified atom stereocenters. The van der Waals surface area contributed by atoms with E-state index in [-0.39, 0.29) is 16.4 Å². The number of nitrogens with zero attached hydrogens (tertiary/aromatic N) is 1. The van der Waals surface area contributed by atoms with E-state index in [1.807, 2.05) is 49.5 Å². The van der Waals surface area contributed by atoms with Crippen LogP contribution in [0.2, 0.25) is 0 Å². The summed E-state index contributed by atoms with van der Waals surface area (Å²) in [4.78, 5) is 27.1. The third-order valence-corrected chi connectivity index (χ3v) is 4.69. The van der Waals surface area contributed by atoms with Crippen molar-refractivity contribution in [3.05, 3.63) is 59.4 Å². The van der Waals surface area contributed by atoms with Crippen LogP contribution in [0, 0.1) is 6.92 Å². The van der Waals surface area contributed by atoms with Gasteiger partial charge in [0.25, 0.3) is 5.24 Å². The highest BCUT2D eigenvalue weighted by Gasteiger charge is 2.31. The van der Waals surface area contributed by atoms with Crippen molar-refractivity contribution in [2.45, 2.75) is 25.0 Å². The molecule has 1 N–H and O–H groups in total. The Morgan fingerprint density at radius 1 is 1.17 bits per heavy atom. The predicted molar refractivity (Wildman–Crippen MR) is 93.2 cm³/mol. The van der Waals surface area contributed by atoms with Gasteiger partial charge in [-0.1, -0.05) is 30.0 Å². The molecule has 5 nitrogen and oxygen atoms in total. The first-order valence-corrected chi connectivity index (χ1v) is 8.63. The Bertz CT molecular complexity index is 729. The summed E-state index contributed by atoms with van der Waals surface area (Å²) in [6, 6.07) is 11.7. The van der Waals surface area contributed by atoms with Gasteiger partial charge in [0, 0.05) is 18.3 Å². The maximum absolute atomic E-state index is 11.6. The SMILES string of the molecule is Cc1ccc(CCOc2ccc(CC3SC(=O)NC3=O)cc2)nc1. The zero-order chi connectivity index (χ0) is 16.9. The largest absolute Gasteiger partial charge is 0.493 e. The molecule has 0 bridgehead atoms. The third kappa shape index (κ3) is 4.35. The molecular formula is C18H18N2O3S. The molecule has 0 aliphatic carbocycles. The smallest absolute Gasteiger partial charge is 0.286 e. The van der Waals surface area contributed by atoms with Crippen LogP contribution in [-0.4, -0.2) is 28.0 Å². The van der Waals surface area contributed by atoms with Gasteiger partial charge in [-0.05, 0) is 42.7 Å². The highest BCUT2D eigenvalue weighted by molar-refractivity contribution is 8.15. The second kappa shape index (κ2) is 7.49. The molecule has 124 valence electrons. The number of hydrogen-bond acceptors (Lipinski definition) is 5. The molecule has 1 aliphatic rings. The van der Waals surface area contributed by atoms with E-state index in [4.69, 9.17) is 4.74 Å². The van der Waals surface area contributed by atoms with E-state index in [1.54, 1.807) is 0 Å². The number of thioether (sulfide) groups is 1. The summed E-state index contributed by atoms with van der Waals surface area (Å²) >= 11 is 1.05. The van der Waals surface area contributed by atoms with Crippen LogP contribution in [-0.2, 0) is 17.6 Å². The number of amides is 2. The number of rotatable bonds is 6. The van der Waals surface area contributed by atoms with Crippen LogP contribution in [0.15, 0.2) is 42.6 Å². The summed E-state index contributed by atoms with van der Waals surface area (Å²) in [6.07, 6.45) is 3.14. The normalized spacial score (nSPS) is 17.0. The van der Waals surface area contributed by atoms with Crippen molar-refractivity contribution in [1.82, 2.24) is 10.3 Å². The maximum Gasteiger partial charge on any atom is 0.286 e. The van der Waals surface area contributed by atoms with Crippen LogP contribution < -0.4 is 10.1 Å². The molecule has 24 heavy (non-hydrogen) atoms. The highest BCUT2D eigenvalue weighted by Crippen LogP contribution is 2.23. The van der Waals surface area contributed by atoms with Crippen LogP contribution in [0.5, 0.6) is 5.75 Å². The van der Waals surface area contributed by atoms with Gasteiger partial charge in [0.1, 0.15) is 5.75 Å². The summed E-state index contributed by atoms with van der Waals surface area (Å²) in [5, 5.41) is 1.69. The van der Waals surface area contributed by atoms with Crippen LogP contribution in [0.1, 0.15) is 16.8 Å². The van der Waals surface area contributed by atoms with Crippen LogP contribution >= 0.6 is 11.8 Å². The number of carbonyl (C=O) groups is 2. The summed E-state index contributed by atoms with van der Waals surface area (Å²) < 4.78 is 5.72. The molecule has 1 aromatic carbocycles. The second-order valence-corrected chi connectivity index (χ2v) is 6.83. The van der Waals surface area contributed by atoms with Gasteiger partial charge in [0.15, 0.2) is 0 Å². The molecule has 2 aromatic rings. The molecule has 6 heteroatoms. The number of hydrogen-bond donors (Lipinski definition) is 1. The van der Waals surface area contributed by atoms with Gasteiger partial charge in [-0.25, -0.2) is 0 Å². The molecule has 2 heterocycles. The van der Waals surface area contributed by atoms with Crippen molar-refractivity contribution in [2.75, 3.05) is 6.61 Å². The molecule has 3 rings (SSSR count). The van der Waals surface area contributed by atoms with Gasteiger partial charge in [0.2, 0.25) is 5.91 Å². The number of benzene rings is 1. The van der Waals surface area contributed by atoms with Gasteiger partial charge < -0.3 is 4.74 Å². The number of pyridine rings is 1. The average Bonchev–Trinajstić information content (AvgIpc) is 2.88. The van der Waals surface area contributed by atoms with Crippen LogP contribution in [0.25, 0.3) is 0 Å². The van der Waals surface area contributed by atoms with Gasteiger partial charge >= 0.3 is 0 Å². The lowest BCUT2D eigenvalue weighted by Crippen LogP contribution is -2.25. The first-order valence-electron chi connectivity index (χ1n) is 7.75. The van der Waals surface area contributed by atoms with Crippen molar-refractivity contribution >= 4 is 22.9 Å². The molecule has 1 aromatic heterocycles. The lowest BCUT2D eigenvalue weighted by atomic mass is 10.1.